The molecule has 0 saturated carbocycles. The summed E-state index contributed by atoms with van der Waals surface area (Å²) in [5.41, 5.74) is 3.16. The molecule has 0 radical (unpaired) electrons. The standard InChI is InChI=1S/C16H22N2O2/c1-4-12-9-16(18(2)10-13(19)11-20-3)14-7-5-6-8-15(14)17-12/h5-9,13,19H,4,10-11H2,1-3H3. The van der Waals surface area contributed by atoms with Gasteiger partial charge in [-0.25, -0.2) is 0 Å². The van der Waals surface area contributed by atoms with Crippen molar-refractivity contribution in [1.29, 1.82) is 0 Å². The first-order chi connectivity index (χ1) is 9.65. The molecule has 0 saturated heterocycles. The lowest BCUT2D eigenvalue weighted by Gasteiger charge is -2.24. The molecule has 0 bridgehead atoms. The second kappa shape index (κ2) is 6.68. The molecule has 1 atom stereocenters. The number of likely N-dealkylation sites (N-methyl/N-ethyl adjacent to an activating group) is 1. The first kappa shape index (κ1) is 14.8. The van der Waals surface area contributed by atoms with E-state index in [-0.39, 0.29) is 0 Å². The Morgan fingerprint density at radius 1 is 1.35 bits per heavy atom. The van der Waals surface area contributed by atoms with E-state index in [2.05, 4.69) is 28.9 Å². The molecule has 0 aliphatic heterocycles. The highest BCUT2D eigenvalue weighted by atomic mass is 16.5. The fourth-order valence-electron chi connectivity index (χ4n) is 2.37. The van der Waals surface area contributed by atoms with Gasteiger partial charge in [-0.3, -0.25) is 4.98 Å². The van der Waals surface area contributed by atoms with Crippen LogP contribution >= 0.6 is 0 Å². The van der Waals surface area contributed by atoms with Crippen molar-refractivity contribution < 1.29 is 9.84 Å². The Balaban J connectivity index is 2.36. The van der Waals surface area contributed by atoms with Crippen LogP contribution in [0.5, 0.6) is 0 Å². The Kier molecular flexibility index (Phi) is 4.93. The van der Waals surface area contributed by atoms with Crippen molar-refractivity contribution >= 4 is 16.6 Å². The lowest BCUT2D eigenvalue weighted by atomic mass is 10.1. The van der Waals surface area contributed by atoms with Crippen molar-refractivity contribution in [3.63, 3.8) is 0 Å². The summed E-state index contributed by atoms with van der Waals surface area (Å²) in [5, 5.41) is 11.0. The zero-order valence-electron chi connectivity index (χ0n) is 12.3. The first-order valence-corrected chi connectivity index (χ1v) is 6.92. The van der Waals surface area contributed by atoms with Crippen LogP contribution in [0.15, 0.2) is 30.3 Å². The number of methoxy groups -OCH3 is 1. The minimum absolute atomic E-state index is 0.341. The third kappa shape index (κ3) is 3.26. The van der Waals surface area contributed by atoms with Crippen LogP contribution in [0.4, 0.5) is 5.69 Å². The topological polar surface area (TPSA) is 45.6 Å². The summed E-state index contributed by atoms with van der Waals surface area (Å²) >= 11 is 0. The highest BCUT2D eigenvalue weighted by Gasteiger charge is 2.12. The summed E-state index contributed by atoms with van der Waals surface area (Å²) in [6, 6.07) is 10.2. The number of aliphatic hydroxyl groups is 1. The first-order valence-electron chi connectivity index (χ1n) is 6.92. The van der Waals surface area contributed by atoms with Gasteiger partial charge in [-0.05, 0) is 18.6 Å². The van der Waals surface area contributed by atoms with E-state index in [1.54, 1.807) is 7.11 Å². The van der Waals surface area contributed by atoms with Crippen LogP contribution in [0.25, 0.3) is 10.9 Å². The van der Waals surface area contributed by atoms with Crippen molar-refractivity contribution in [2.45, 2.75) is 19.4 Å². The second-order valence-corrected chi connectivity index (χ2v) is 4.99. The van der Waals surface area contributed by atoms with Gasteiger partial charge in [-0.15, -0.1) is 0 Å². The highest BCUT2D eigenvalue weighted by molar-refractivity contribution is 5.91. The Hall–Kier alpha value is -1.65. The molecule has 2 aromatic rings. The quantitative estimate of drug-likeness (QED) is 0.877. The summed E-state index contributed by atoms with van der Waals surface area (Å²) in [5.74, 6) is 0. The fraction of sp³-hybridized carbons (Fsp3) is 0.438. The Morgan fingerprint density at radius 2 is 2.10 bits per heavy atom. The van der Waals surface area contributed by atoms with Gasteiger partial charge < -0.3 is 14.7 Å². The molecule has 0 amide bonds. The van der Waals surface area contributed by atoms with Crippen LogP contribution in [0.2, 0.25) is 0 Å². The largest absolute Gasteiger partial charge is 0.389 e. The molecule has 2 rings (SSSR count). The molecule has 0 fully saturated rings. The molecule has 1 unspecified atom stereocenters. The number of nitrogens with zero attached hydrogens (tertiary/aromatic N) is 2. The molecular weight excluding hydrogens is 252 g/mol. The number of ether oxygens (including phenoxy) is 1. The van der Waals surface area contributed by atoms with E-state index in [1.165, 1.54) is 0 Å². The molecular formula is C16H22N2O2. The van der Waals surface area contributed by atoms with Crippen LogP contribution in [0.1, 0.15) is 12.6 Å². The molecule has 1 aromatic heterocycles. The van der Waals surface area contributed by atoms with Crippen LogP contribution < -0.4 is 4.90 Å². The third-order valence-corrected chi connectivity index (χ3v) is 3.36. The number of hydrogen-bond donors (Lipinski definition) is 1. The van der Waals surface area contributed by atoms with E-state index in [9.17, 15) is 5.11 Å². The van der Waals surface area contributed by atoms with E-state index in [0.717, 1.165) is 28.7 Å². The molecule has 4 heteroatoms. The molecule has 20 heavy (non-hydrogen) atoms. The Bertz CT molecular complexity index is 571. The normalized spacial score (nSPS) is 12.6. The van der Waals surface area contributed by atoms with Crippen LogP contribution in [-0.2, 0) is 11.2 Å². The molecule has 1 aromatic carbocycles. The number of fused-ring (bicyclic) bond motifs is 1. The maximum absolute atomic E-state index is 9.90. The summed E-state index contributed by atoms with van der Waals surface area (Å²) in [6.07, 6.45) is 0.397. The average molecular weight is 274 g/mol. The van der Waals surface area contributed by atoms with Gasteiger partial charge in [0.2, 0.25) is 0 Å². The Labute approximate surface area is 120 Å². The maximum Gasteiger partial charge on any atom is 0.0947 e. The van der Waals surface area contributed by atoms with Crippen molar-refractivity contribution in [3.8, 4) is 0 Å². The average Bonchev–Trinajstić information content (AvgIpc) is 2.46. The minimum Gasteiger partial charge on any atom is -0.389 e. The minimum atomic E-state index is -0.498. The number of aromatic nitrogens is 1. The van der Waals surface area contributed by atoms with Crippen LogP contribution in [0.3, 0.4) is 0 Å². The molecule has 4 nitrogen and oxygen atoms in total. The number of anilines is 1. The molecule has 0 aliphatic carbocycles. The van der Waals surface area contributed by atoms with Gasteiger partial charge in [0.25, 0.3) is 0 Å². The molecule has 0 spiro atoms. The number of para-hydroxylation sites is 1. The van der Waals surface area contributed by atoms with Gasteiger partial charge >= 0.3 is 0 Å². The molecule has 0 aliphatic rings. The number of hydrogen-bond acceptors (Lipinski definition) is 4. The van der Waals surface area contributed by atoms with Gasteiger partial charge in [0.15, 0.2) is 0 Å². The van der Waals surface area contributed by atoms with Crippen molar-refractivity contribution in [2.75, 3.05) is 32.2 Å². The molecule has 1 heterocycles. The summed E-state index contributed by atoms with van der Waals surface area (Å²) in [6.45, 7) is 2.97. The number of rotatable bonds is 6. The van der Waals surface area contributed by atoms with E-state index < -0.39 is 6.10 Å². The molecule has 1 N–H and O–H groups in total. The Morgan fingerprint density at radius 3 is 2.80 bits per heavy atom. The number of aliphatic hydroxyl groups excluding tert-OH is 1. The second-order valence-electron chi connectivity index (χ2n) is 4.99. The lowest BCUT2D eigenvalue weighted by molar-refractivity contribution is 0.0695. The van der Waals surface area contributed by atoms with Gasteiger partial charge in [-0.2, -0.15) is 0 Å². The van der Waals surface area contributed by atoms with Gasteiger partial charge in [0.1, 0.15) is 0 Å². The number of pyridine rings is 1. The van der Waals surface area contributed by atoms with E-state index in [1.807, 2.05) is 25.2 Å². The monoisotopic (exact) mass is 274 g/mol. The zero-order valence-corrected chi connectivity index (χ0v) is 12.3. The fourth-order valence-corrected chi connectivity index (χ4v) is 2.37. The van der Waals surface area contributed by atoms with Crippen LogP contribution in [0, 0.1) is 0 Å². The van der Waals surface area contributed by atoms with Crippen molar-refractivity contribution in [1.82, 2.24) is 4.98 Å². The maximum atomic E-state index is 9.90. The van der Waals surface area contributed by atoms with Crippen molar-refractivity contribution in [3.05, 3.63) is 36.0 Å². The summed E-state index contributed by atoms with van der Waals surface area (Å²) in [4.78, 5) is 6.70. The SMILES string of the molecule is CCc1cc(N(C)CC(O)COC)c2ccccc2n1. The van der Waals surface area contributed by atoms with E-state index in [0.29, 0.717) is 13.2 Å². The van der Waals surface area contributed by atoms with E-state index in [4.69, 9.17) is 4.74 Å². The highest BCUT2D eigenvalue weighted by Crippen LogP contribution is 2.26. The smallest absolute Gasteiger partial charge is 0.0947 e. The summed E-state index contributed by atoms with van der Waals surface area (Å²) in [7, 11) is 3.58. The number of aryl methyl sites for hydroxylation is 1. The van der Waals surface area contributed by atoms with Gasteiger partial charge in [0, 0.05) is 37.5 Å². The predicted octanol–water partition coefficient (Wildman–Crippen LogP) is 2.24. The molecule has 108 valence electrons. The summed E-state index contributed by atoms with van der Waals surface area (Å²) < 4.78 is 4.98. The lowest BCUT2D eigenvalue weighted by Crippen LogP contribution is -2.32. The van der Waals surface area contributed by atoms with Gasteiger partial charge in [0.05, 0.1) is 18.2 Å². The van der Waals surface area contributed by atoms with E-state index >= 15 is 0 Å². The third-order valence-electron chi connectivity index (χ3n) is 3.36. The van der Waals surface area contributed by atoms with Crippen LogP contribution in [-0.4, -0.2) is 43.5 Å². The zero-order chi connectivity index (χ0) is 14.5. The van der Waals surface area contributed by atoms with Crippen molar-refractivity contribution in [2.24, 2.45) is 0 Å². The number of benzene rings is 1. The predicted molar refractivity (Wildman–Crippen MR) is 82.3 cm³/mol. The van der Waals surface area contributed by atoms with Gasteiger partial charge in [-0.1, -0.05) is 25.1 Å².